The van der Waals surface area contributed by atoms with Crippen LogP contribution in [0.15, 0.2) is 22.7 Å². The molecule has 1 aromatic carbocycles. The van der Waals surface area contributed by atoms with Crippen LogP contribution in [0.1, 0.15) is 18.4 Å². The van der Waals surface area contributed by atoms with E-state index in [4.69, 9.17) is 17.3 Å². The Morgan fingerprint density at radius 3 is 3.00 bits per heavy atom. The minimum absolute atomic E-state index is 0.122. The third kappa shape index (κ3) is 3.46. The van der Waals surface area contributed by atoms with Crippen LogP contribution >= 0.6 is 27.5 Å². The molecule has 1 amide bonds. The van der Waals surface area contributed by atoms with Crippen LogP contribution in [0.4, 0.5) is 0 Å². The maximum absolute atomic E-state index is 12.2. The highest BCUT2D eigenvalue weighted by molar-refractivity contribution is 9.10. The lowest BCUT2D eigenvalue weighted by atomic mass is 10.1. The highest BCUT2D eigenvalue weighted by Crippen LogP contribution is 2.22. The van der Waals surface area contributed by atoms with Gasteiger partial charge >= 0.3 is 0 Å². The van der Waals surface area contributed by atoms with E-state index < -0.39 is 0 Å². The summed E-state index contributed by atoms with van der Waals surface area (Å²) in [5, 5.41) is 0.665. The van der Waals surface area contributed by atoms with Crippen LogP contribution in [0.5, 0.6) is 0 Å². The zero-order valence-corrected chi connectivity index (χ0v) is 12.4. The Hall–Kier alpha value is -0.580. The summed E-state index contributed by atoms with van der Waals surface area (Å²) in [7, 11) is 0. The van der Waals surface area contributed by atoms with Gasteiger partial charge in [-0.15, -0.1) is 0 Å². The molecule has 1 saturated heterocycles. The standard InChI is InChI=1S/C13H16BrClN2O/c14-12-7-10(15)4-3-9(12)6-13(18)17-5-1-2-11(16)8-17/h3-4,7,11H,1-2,5-6,8,16H2/t11-/m0/s1. The normalized spacial score (nSPS) is 19.9. The molecule has 2 rings (SSSR count). The van der Waals surface area contributed by atoms with E-state index in [2.05, 4.69) is 15.9 Å². The first kappa shape index (κ1) is 13.8. The zero-order chi connectivity index (χ0) is 13.1. The number of hydrogen-bond donors (Lipinski definition) is 1. The number of benzene rings is 1. The summed E-state index contributed by atoms with van der Waals surface area (Å²) in [6.07, 6.45) is 2.40. The van der Waals surface area contributed by atoms with Crippen LogP contribution in [-0.4, -0.2) is 29.9 Å². The summed E-state index contributed by atoms with van der Waals surface area (Å²) in [4.78, 5) is 14.0. The maximum atomic E-state index is 12.2. The summed E-state index contributed by atoms with van der Waals surface area (Å²) in [6, 6.07) is 5.62. The molecule has 0 bridgehead atoms. The number of hydrogen-bond acceptors (Lipinski definition) is 2. The average Bonchev–Trinajstić information content (AvgIpc) is 2.32. The number of carbonyl (C=O) groups is 1. The lowest BCUT2D eigenvalue weighted by molar-refractivity contribution is -0.131. The molecule has 0 spiro atoms. The van der Waals surface area contributed by atoms with Crippen molar-refractivity contribution >= 4 is 33.4 Å². The van der Waals surface area contributed by atoms with E-state index in [1.54, 1.807) is 6.07 Å². The molecular weight excluding hydrogens is 316 g/mol. The lowest BCUT2D eigenvalue weighted by Crippen LogP contribution is -2.46. The van der Waals surface area contributed by atoms with Crippen molar-refractivity contribution < 1.29 is 4.79 Å². The summed E-state index contributed by atoms with van der Waals surface area (Å²) < 4.78 is 0.879. The Balaban J connectivity index is 2.02. The van der Waals surface area contributed by atoms with Crippen LogP contribution in [0.2, 0.25) is 5.02 Å². The van der Waals surface area contributed by atoms with Crippen LogP contribution in [0, 0.1) is 0 Å². The van der Waals surface area contributed by atoms with Crippen molar-refractivity contribution in [1.82, 2.24) is 4.90 Å². The van der Waals surface area contributed by atoms with Crippen LogP contribution in [0.3, 0.4) is 0 Å². The quantitative estimate of drug-likeness (QED) is 0.905. The molecule has 0 radical (unpaired) electrons. The Bertz CT molecular complexity index is 453. The van der Waals surface area contributed by atoms with E-state index in [0.29, 0.717) is 18.0 Å². The first-order valence-corrected chi connectivity index (χ1v) is 7.20. The average molecular weight is 332 g/mol. The third-order valence-corrected chi connectivity index (χ3v) is 4.14. The highest BCUT2D eigenvalue weighted by Gasteiger charge is 2.21. The SMILES string of the molecule is N[C@H]1CCCN(C(=O)Cc2ccc(Cl)cc2Br)C1. The van der Waals surface area contributed by atoms with Crippen molar-refractivity contribution in [3.63, 3.8) is 0 Å². The molecule has 1 atom stereocenters. The Morgan fingerprint density at radius 2 is 2.33 bits per heavy atom. The van der Waals surface area contributed by atoms with E-state index >= 15 is 0 Å². The second-order valence-corrected chi connectivity index (χ2v) is 5.95. The van der Waals surface area contributed by atoms with Crippen molar-refractivity contribution in [3.05, 3.63) is 33.3 Å². The largest absolute Gasteiger partial charge is 0.341 e. The van der Waals surface area contributed by atoms with Gasteiger partial charge in [-0.1, -0.05) is 33.6 Å². The molecule has 1 aliphatic rings. The van der Waals surface area contributed by atoms with E-state index in [1.165, 1.54) is 0 Å². The smallest absolute Gasteiger partial charge is 0.227 e. The van der Waals surface area contributed by atoms with Crippen molar-refractivity contribution in [2.24, 2.45) is 5.73 Å². The van der Waals surface area contributed by atoms with Gasteiger partial charge in [-0.2, -0.15) is 0 Å². The fraction of sp³-hybridized carbons (Fsp3) is 0.462. The van der Waals surface area contributed by atoms with Gasteiger partial charge in [0.25, 0.3) is 0 Å². The molecule has 1 fully saturated rings. The molecule has 0 saturated carbocycles. The molecule has 1 heterocycles. The summed E-state index contributed by atoms with van der Waals surface area (Å²) in [5.41, 5.74) is 6.85. The molecular formula is C13H16BrClN2O. The topological polar surface area (TPSA) is 46.3 Å². The van der Waals surface area contributed by atoms with Gasteiger partial charge in [-0.3, -0.25) is 4.79 Å². The van der Waals surface area contributed by atoms with Gasteiger partial charge in [0.2, 0.25) is 5.91 Å². The van der Waals surface area contributed by atoms with Gasteiger partial charge < -0.3 is 10.6 Å². The predicted molar refractivity (Wildman–Crippen MR) is 76.6 cm³/mol. The van der Waals surface area contributed by atoms with E-state index in [1.807, 2.05) is 17.0 Å². The monoisotopic (exact) mass is 330 g/mol. The zero-order valence-electron chi connectivity index (χ0n) is 10.0. The number of amides is 1. The van der Waals surface area contributed by atoms with Crippen molar-refractivity contribution in [3.8, 4) is 0 Å². The van der Waals surface area contributed by atoms with E-state index in [-0.39, 0.29) is 11.9 Å². The second-order valence-electron chi connectivity index (χ2n) is 4.65. The van der Waals surface area contributed by atoms with Crippen LogP contribution < -0.4 is 5.73 Å². The number of nitrogens with zero attached hydrogens (tertiary/aromatic N) is 1. The van der Waals surface area contributed by atoms with E-state index in [0.717, 1.165) is 29.4 Å². The number of rotatable bonds is 2. The van der Waals surface area contributed by atoms with Crippen LogP contribution in [0.25, 0.3) is 0 Å². The number of nitrogens with two attached hydrogens (primary N) is 1. The molecule has 2 N–H and O–H groups in total. The molecule has 0 unspecified atom stereocenters. The molecule has 3 nitrogen and oxygen atoms in total. The summed E-state index contributed by atoms with van der Waals surface area (Å²) in [6.45, 7) is 1.49. The molecule has 0 aliphatic carbocycles. The van der Waals surface area contributed by atoms with Crippen molar-refractivity contribution in [2.45, 2.75) is 25.3 Å². The summed E-state index contributed by atoms with van der Waals surface area (Å²) >= 11 is 9.31. The number of likely N-dealkylation sites (tertiary alicyclic amines) is 1. The van der Waals surface area contributed by atoms with Crippen molar-refractivity contribution in [2.75, 3.05) is 13.1 Å². The van der Waals surface area contributed by atoms with E-state index in [9.17, 15) is 4.79 Å². The molecule has 0 aromatic heterocycles. The van der Waals surface area contributed by atoms with Gasteiger partial charge in [0, 0.05) is 28.6 Å². The van der Waals surface area contributed by atoms with Crippen molar-refractivity contribution in [1.29, 1.82) is 0 Å². The Labute approximate surface area is 120 Å². The highest BCUT2D eigenvalue weighted by atomic mass is 79.9. The fourth-order valence-corrected chi connectivity index (χ4v) is 3.00. The first-order chi connectivity index (χ1) is 8.56. The minimum atomic E-state index is 0.122. The molecule has 1 aromatic rings. The predicted octanol–water partition coefficient (Wildman–Crippen LogP) is 2.59. The molecule has 98 valence electrons. The van der Waals surface area contributed by atoms with Gasteiger partial charge in [-0.25, -0.2) is 0 Å². The molecule has 1 aliphatic heterocycles. The van der Waals surface area contributed by atoms with Gasteiger partial charge in [0.1, 0.15) is 0 Å². The van der Waals surface area contributed by atoms with Crippen LogP contribution in [-0.2, 0) is 11.2 Å². The lowest BCUT2D eigenvalue weighted by Gasteiger charge is -2.31. The van der Waals surface area contributed by atoms with Gasteiger partial charge in [-0.05, 0) is 30.5 Å². The van der Waals surface area contributed by atoms with Gasteiger partial charge in [0.15, 0.2) is 0 Å². The molecule has 18 heavy (non-hydrogen) atoms. The fourth-order valence-electron chi connectivity index (χ4n) is 2.18. The second kappa shape index (κ2) is 6.04. The maximum Gasteiger partial charge on any atom is 0.227 e. The van der Waals surface area contributed by atoms with Gasteiger partial charge in [0.05, 0.1) is 6.42 Å². The molecule has 5 heteroatoms. The number of halogens is 2. The Kier molecular flexibility index (Phi) is 4.65. The Morgan fingerprint density at radius 1 is 1.56 bits per heavy atom. The first-order valence-electron chi connectivity index (χ1n) is 6.03. The summed E-state index contributed by atoms with van der Waals surface area (Å²) in [5.74, 6) is 0.133. The number of carbonyl (C=O) groups excluding carboxylic acids is 1. The number of piperidine rings is 1. The minimum Gasteiger partial charge on any atom is -0.341 e. The third-order valence-electron chi connectivity index (χ3n) is 3.17.